The van der Waals surface area contributed by atoms with E-state index in [1.54, 1.807) is 0 Å². The summed E-state index contributed by atoms with van der Waals surface area (Å²) in [6, 6.07) is 4.77. The predicted octanol–water partition coefficient (Wildman–Crippen LogP) is 2.03. The van der Waals surface area contributed by atoms with Crippen LogP contribution in [0.5, 0.6) is 0 Å². The summed E-state index contributed by atoms with van der Waals surface area (Å²) in [5.41, 5.74) is -0.637. The van der Waals surface area contributed by atoms with E-state index >= 15 is 0 Å². The number of nitro benzene ring substituents is 1. The molecule has 1 saturated carbocycles. The largest absolute Gasteiger partial charge is 0.325 e. The molecule has 1 aromatic carbocycles. The number of carbonyl (C=O) groups excluding carboxylic acids is 3. The van der Waals surface area contributed by atoms with Crippen LogP contribution in [0.1, 0.15) is 32.6 Å². The number of amides is 4. The lowest BCUT2D eigenvalue weighted by Gasteiger charge is -2.36. The van der Waals surface area contributed by atoms with Gasteiger partial charge in [-0.05, 0) is 30.9 Å². The highest BCUT2D eigenvalue weighted by Gasteiger charge is 2.55. The number of hydrogen-bond acceptors (Lipinski definition) is 5. The number of non-ortho nitro benzene ring substituents is 1. The molecule has 1 aliphatic heterocycles. The summed E-state index contributed by atoms with van der Waals surface area (Å²) < 4.78 is 0. The maximum absolute atomic E-state index is 12.8. The van der Waals surface area contributed by atoms with Crippen LogP contribution in [0.15, 0.2) is 24.3 Å². The van der Waals surface area contributed by atoms with E-state index in [-0.39, 0.29) is 17.5 Å². The summed E-state index contributed by atoms with van der Waals surface area (Å²) in [7, 11) is 0. The van der Waals surface area contributed by atoms with Crippen LogP contribution in [0.4, 0.5) is 16.2 Å². The first-order chi connectivity index (χ1) is 12.3. The summed E-state index contributed by atoms with van der Waals surface area (Å²) in [4.78, 5) is 48.3. The molecule has 9 heteroatoms. The molecule has 1 aliphatic carbocycles. The number of anilines is 1. The van der Waals surface area contributed by atoms with Gasteiger partial charge in [-0.25, -0.2) is 4.79 Å². The number of nitrogens with one attached hydrogen (secondary N) is 2. The second kappa shape index (κ2) is 6.74. The molecule has 1 heterocycles. The Labute approximate surface area is 149 Å². The molecule has 3 rings (SSSR count). The van der Waals surface area contributed by atoms with Crippen LogP contribution in [-0.2, 0) is 9.59 Å². The molecule has 4 amide bonds. The third-order valence-electron chi connectivity index (χ3n) is 5.17. The SMILES string of the molecule is C[C@@H]1CCCC[C@]12NC(=O)N(CC(=O)Nc1ccc([N+](=O)[O-])cc1)C2=O. The molecule has 2 aliphatic rings. The van der Waals surface area contributed by atoms with Gasteiger partial charge < -0.3 is 10.6 Å². The minimum Gasteiger partial charge on any atom is -0.325 e. The van der Waals surface area contributed by atoms with Crippen LogP contribution in [0.25, 0.3) is 0 Å². The Kier molecular flexibility index (Phi) is 4.62. The molecule has 1 spiro atoms. The lowest BCUT2D eigenvalue weighted by Crippen LogP contribution is -2.54. The number of urea groups is 1. The van der Waals surface area contributed by atoms with Crippen molar-refractivity contribution in [3.05, 3.63) is 34.4 Å². The Bertz CT molecular complexity index is 763. The highest BCUT2D eigenvalue weighted by atomic mass is 16.6. The van der Waals surface area contributed by atoms with Crippen LogP contribution >= 0.6 is 0 Å². The molecule has 1 aromatic rings. The molecular weight excluding hydrogens is 340 g/mol. The van der Waals surface area contributed by atoms with Gasteiger partial charge in [-0.15, -0.1) is 0 Å². The zero-order valence-electron chi connectivity index (χ0n) is 14.4. The molecule has 0 unspecified atom stereocenters. The maximum atomic E-state index is 12.8. The molecule has 2 N–H and O–H groups in total. The fourth-order valence-electron chi connectivity index (χ4n) is 3.65. The highest BCUT2D eigenvalue weighted by Crippen LogP contribution is 2.38. The van der Waals surface area contributed by atoms with Crippen LogP contribution in [0, 0.1) is 16.0 Å². The van der Waals surface area contributed by atoms with E-state index in [0.29, 0.717) is 12.1 Å². The molecule has 2 fully saturated rings. The van der Waals surface area contributed by atoms with Gasteiger partial charge in [-0.1, -0.05) is 19.8 Å². The Hall–Kier alpha value is -2.97. The first kappa shape index (κ1) is 17.8. The number of nitro groups is 1. The predicted molar refractivity (Wildman–Crippen MR) is 92.3 cm³/mol. The fourth-order valence-corrected chi connectivity index (χ4v) is 3.65. The van der Waals surface area contributed by atoms with Crippen molar-refractivity contribution in [2.45, 2.75) is 38.1 Å². The average Bonchev–Trinajstić information content (AvgIpc) is 2.83. The number of nitrogens with zero attached hydrogens (tertiary/aromatic N) is 2. The quantitative estimate of drug-likeness (QED) is 0.483. The van der Waals surface area contributed by atoms with E-state index < -0.39 is 28.9 Å². The molecule has 26 heavy (non-hydrogen) atoms. The summed E-state index contributed by atoms with van der Waals surface area (Å²) >= 11 is 0. The molecule has 0 radical (unpaired) electrons. The Morgan fingerprint density at radius 2 is 2.04 bits per heavy atom. The van der Waals surface area contributed by atoms with Gasteiger partial charge in [0.05, 0.1) is 4.92 Å². The number of benzene rings is 1. The van der Waals surface area contributed by atoms with Gasteiger partial charge in [0.15, 0.2) is 0 Å². The van der Waals surface area contributed by atoms with Crippen molar-refractivity contribution in [3.8, 4) is 0 Å². The first-order valence-electron chi connectivity index (χ1n) is 8.52. The first-order valence-corrected chi connectivity index (χ1v) is 8.52. The van der Waals surface area contributed by atoms with E-state index in [4.69, 9.17) is 0 Å². The zero-order chi connectivity index (χ0) is 18.9. The molecule has 9 nitrogen and oxygen atoms in total. The van der Waals surface area contributed by atoms with E-state index in [2.05, 4.69) is 10.6 Å². The second-order valence-electron chi connectivity index (χ2n) is 6.79. The molecular formula is C17H20N4O5. The van der Waals surface area contributed by atoms with Gasteiger partial charge >= 0.3 is 6.03 Å². The fraction of sp³-hybridized carbons (Fsp3) is 0.471. The third kappa shape index (κ3) is 3.12. The molecule has 138 valence electrons. The minimum absolute atomic E-state index is 0.0235. The molecule has 2 atom stereocenters. The van der Waals surface area contributed by atoms with Crippen molar-refractivity contribution in [1.29, 1.82) is 0 Å². The van der Waals surface area contributed by atoms with E-state index in [0.717, 1.165) is 24.2 Å². The van der Waals surface area contributed by atoms with Gasteiger partial charge in [0.25, 0.3) is 11.6 Å². The minimum atomic E-state index is -0.900. The number of hydrogen-bond donors (Lipinski definition) is 2. The van der Waals surface area contributed by atoms with Crippen molar-refractivity contribution < 1.29 is 19.3 Å². The van der Waals surface area contributed by atoms with Crippen LogP contribution in [-0.4, -0.2) is 39.8 Å². The van der Waals surface area contributed by atoms with Crippen molar-refractivity contribution in [2.24, 2.45) is 5.92 Å². The zero-order valence-corrected chi connectivity index (χ0v) is 14.4. The van der Waals surface area contributed by atoms with Gasteiger partial charge in [0.1, 0.15) is 12.1 Å². The lowest BCUT2D eigenvalue weighted by molar-refractivity contribution is -0.384. The molecule has 1 saturated heterocycles. The van der Waals surface area contributed by atoms with Crippen molar-refractivity contribution >= 4 is 29.2 Å². The standard InChI is InChI=1S/C17H20N4O5/c1-11-4-2-3-9-17(11)15(23)20(16(24)19-17)10-14(22)18-12-5-7-13(8-6-12)21(25)26/h5-8,11H,2-4,9-10H2,1H3,(H,18,22)(H,19,24)/t11-,17+/m1/s1. The van der Waals surface area contributed by atoms with Crippen LogP contribution in [0.2, 0.25) is 0 Å². The van der Waals surface area contributed by atoms with Gasteiger partial charge in [0, 0.05) is 17.8 Å². The Balaban J connectivity index is 1.66. The number of imide groups is 1. The number of rotatable bonds is 4. The monoisotopic (exact) mass is 360 g/mol. The topological polar surface area (TPSA) is 122 Å². The summed E-state index contributed by atoms with van der Waals surface area (Å²) in [5, 5.41) is 16.0. The van der Waals surface area contributed by atoms with Crippen LogP contribution < -0.4 is 10.6 Å². The van der Waals surface area contributed by atoms with Crippen LogP contribution in [0.3, 0.4) is 0 Å². The van der Waals surface area contributed by atoms with Gasteiger partial charge in [-0.2, -0.15) is 0 Å². The van der Waals surface area contributed by atoms with Crippen molar-refractivity contribution in [3.63, 3.8) is 0 Å². The summed E-state index contributed by atoms with van der Waals surface area (Å²) in [5.74, 6) is -0.869. The normalized spacial score (nSPS) is 25.3. The molecule has 0 aromatic heterocycles. The lowest BCUT2D eigenvalue weighted by atomic mass is 9.73. The number of carbonyl (C=O) groups is 3. The van der Waals surface area contributed by atoms with Crippen molar-refractivity contribution in [2.75, 3.05) is 11.9 Å². The summed E-state index contributed by atoms with van der Waals surface area (Å²) in [6.45, 7) is 1.55. The highest BCUT2D eigenvalue weighted by molar-refractivity contribution is 6.10. The van der Waals surface area contributed by atoms with E-state index in [1.165, 1.54) is 24.3 Å². The van der Waals surface area contributed by atoms with E-state index in [1.807, 2.05) is 6.92 Å². The van der Waals surface area contributed by atoms with Gasteiger partial charge in [0.2, 0.25) is 5.91 Å². The average molecular weight is 360 g/mol. The maximum Gasteiger partial charge on any atom is 0.325 e. The smallest absolute Gasteiger partial charge is 0.325 e. The van der Waals surface area contributed by atoms with Crippen molar-refractivity contribution in [1.82, 2.24) is 10.2 Å². The Morgan fingerprint density at radius 3 is 2.65 bits per heavy atom. The third-order valence-corrected chi connectivity index (χ3v) is 5.17. The summed E-state index contributed by atoms with van der Waals surface area (Å²) in [6.07, 6.45) is 3.32. The Morgan fingerprint density at radius 1 is 1.35 bits per heavy atom. The van der Waals surface area contributed by atoms with E-state index in [9.17, 15) is 24.5 Å². The molecule has 0 bridgehead atoms. The van der Waals surface area contributed by atoms with Gasteiger partial charge in [-0.3, -0.25) is 24.6 Å². The second-order valence-corrected chi connectivity index (χ2v) is 6.79.